The maximum absolute atomic E-state index is 12.1. The maximum atomic E-state index is 12.1. The van der Waals surface area contributed by atoms with Crippen molar-refractivity contribution in [1.29, 1.82) is 0 Å². The second-order valence-corrected chi connectivity index (χ2v) is 5.82. The lowest BCUT2D eigenvalue weighted by atomic mass is 9.83. The molecule has 1 saturated carbocycles. The van der Waals surface area contributed by atoms with Gasteiger partial charge in [0.25, 0.3) is 0 Å². The van der Waals surface area contributed by atoms with E-state index in [1.165, 1.54) is 6.42 Å². The second kappa shape index (κ2) is 5.16. The summed E-state index contributed by atoms with van der Waals surface area (Å²) in [5.74, 6) is -1.19. The predicted molar refractivity (Wildman–Crippen MR) is 67.3 cm³/mol. The quantitative estimate of drug-likeness (QED) is 0.789. The van der Waals surface area contributed by atoms with Gasteiger partial charge in [0.1, 0.15) is 0 Å². The van der Waals surface area contributed by atoms with Crippen LogP contribution in [-0.2, 0) is 4.79 Å². The van der Waals surface area contributed by atoms with Crippen LogP contribution in [0.4, 0.5) is 4.79 Å². The summed E-state index contributed by atoms with van der Waals surface area (Å²) >= 11 is 0. The minimum atomic E-state index is -0.797. The van der Waals surface area contributed by atoms with Crippen molar-refractivity contribution in [2.75, 3.05) is 13.1 Å². The zero-order valence-electron chi connectivity index (χ0n) is 10.9. The first kappa shape index (κ1) is 13.2. The molecule has 1 unspecified atom stereocenters. The first-order valence-electron chi connectivity index (χ1n) is 6.80. The van der Waals surface area contributed by atoms with Crippen LogP contribution in [0.1, 0.15) is 45.4 Å². The molecule has 0 aromatic carbocycles. The van der Waals surface area contributed by atoms with Crippen LogP contribution in [0.3, 0.4) is 0 Å². The molecule has 1 aliphatic carbocycles. The van der Waals surface area contributed by atoms with Gasteiger partial charge < -0.3 is 15.3 Å². The number of carbonyl (C=O) groups is 2. The van der Waals surface area contributed by atoms with Crippen molar-refractivity contribution >= 4 is 12.0 Å². The van der Waals surface area contributed by atoms with E-state index in [0.717, 1.165) is 25.7 Å². The number of hydrogen-bond acceptors (Lipinski definition) is 2. The third-order valence-corrected chi connectivity index (χ3v) is 4.19. The average molecular weight is 254 g/mol. The highest BCUT2D eigenvalue weighted by molar-refractivity contribution is 5.77. The van der Waals surface area contributed by atoms with E-state index in [0.29, 0.717) is 19.5 Å². The lowest BCUT2D eigenvalue weighted by molar-refractivity contribution is -0.141. The van der Waals surface area contributed by atoms with Crippen molar-refractivity contribution in [3.8, 4) is 0 Å². The van der Waals surface area contributed by atoms with Crippen LogP contribution >= 0.6 is 0 Å². The van der Waals surface area contributed by atoms with Crippen molar-refractivity contribution in [1.82, 2.24) is 10.2 Å². The van der Waals surface area contributed by atoms with Crippen molar-refractivity contribution < 1.29 is 14.7 Å². The van der Waals surface area contributed by atoms with Gasteiger partial charge in [0.2, 0.25) is 0 Å². The molecule has 18 heavy (non-hydrogen) atoms. The van der Waals surface area contributed by atoms with E-state index in [4.69, 9.17) is 5.11 Å². The largest absolute Gasteiger partial charge is 0.481 e. The number of carbonyl (C=O) groups excluding carboxylic acids is 1. The number of likely N-dealkylation sites (tertiary alicyclic amines) is 1. The Bertz CT molecular complexity index is 337. The van der Waals surface area contributed by atoms with E-state index in [2.05, 4.69) is 12.2 Å². The molecule has 5 nitrogen and oxygen atoms in total. The number of hydrogen-bond donors (Lipinski definition) is 2. The Kier molecular flexibility index (Phi) is 3.78. The summed E-state index contributed by atoms with van der Waals surface area (Å²) < 4.78 is 0. The minimum Gasteiger partial charge on any atom is -0.481 e. The van der Waals surface area contributed by atoms with Crippen molar-refractivity contribution in [3.63, 3.8) is 0 Å². The summed E-state index contributed by atoms with van der Waals surface area (Å²) in [5.41, 5.74) is -0.101. The van der Waals surface area contributed by atoms with E-state index >= 15 is 0 Å². The van der Waals surface area contributed by atoms with Crippen molar-refractivity contribution in [2.24, 2.45) is 5.92 Å². The van der Waals surface area contributed by atoms with E-state index in [1.54, 1.807) is 4.90 Å². The van der Waals surface area contributed by atoms with Crippen LogP contribution in [0.5, 0.6) is 0 Å². The molecule has 0 bridgehead atoms. The second-order valence-electron chi connectivity index (χ2n) is 5.82. The van der Waals surface area contributed by atoms with Crippen LogP contribution in [0.15, 0.2) is 0 Å². The first-order valence-corrected chi connectivity index (χ1v) is 6.80. The van der Waals surface area contributed by atoms with Crippen LogP contribution in [-0.4, -0.2) is 40.6 Å². The molecule has 0 radical (unpaired) electrons. The standard InChI is InChI=1S/C13H22N2O3/c1-13(6-3-2-4-7-13)14-12(18)15-8-5-10(9-15)11(16)17/h10H,2-9H2,1H3,(H,14,18)(H,16,17). The molecule has 0 aromatic rings. The molecule has 0 aromatic heterocycles. The van der Waals surface area contributed by atoms with Crippen LogP contribution in [0, 0.1) is 5.92 Å². The fourth-order valence-corrected chi connectivity index (χ4v) is 2.94. The Morgan fingerprint density at radius 3 is 2.50 bits per heavy atom. The number of rotatable bonds is 2. The topological polar surface area (TPSA) is 69.6 Å². The van der Waals surface area contributed by atoms with Gasteiger partial charge in [-0.25, -0.2) is 4.79 Å². The number of aliphatic carboxylic acids is 1. The fraction of sp³-hybridized carbons (Fsp3) is 0.846. The molecule has 0 spiro atoms. The minimum absolute atomic E-state index is 0.0943. The molecule has 102 valence electrons. The van der Waals surface area contributed by atoms with Gasteiger partial charge in [-0.2, -0.15) is 0 Å². The summed E-state index contributed by atoms with van der Waals surface area (Å²) in [6.45, 7) is 2.99. The van der Waals surface area contributed by atoms with Gasteiger partial charge in [-0.05, 0) is 26.2 Å². The highest BCUT2D eigenvalue weighted by Crippen LogP contribution is 2.28. The highest BCUT2D eigenvalue weighted by Gasteiger charge is 2.34. The molecule has 5 heteroatoms. The van der Waals surface area contributed by atoms with Gasteiger partial charge in [0, 0.05) is 18.6 Å². The Balaban J connectivity index is 1.87. The molecule has 2 fully saturated rings. The average Bonchev–Trinajstić information content (AvgIpc) is 2.78. The van der Waals surface area contributed by atoms with Gasteiger partial charge in [0.05, 0.1) is 5.92 Å². The number of urea groups is 1. The molecule has 2 amide bonds. The van der Waals surface area contributed by atoms with Crippen LogP contribution in [0.2, 0.25) is 0 Å². The number of nitrogens with zero attached hydrogens (tertiary/aromatic N) is 1. The number of amides is 2. The normalized spacial score (nSPS) is 26.9. The van der Waals surface area contributed by atoms with E-state index in [9.17, 15) is 9.59 Å². The molecule has 1 aliphatic heterocycles. The van der Waals surface area contributed by atoms with Gasteiger partial charge in [-0.1, -0.05) is 19.3 Å². The van der Waals surface area contributed by atoms with Crippen molar-refractivity contribution in [2.45, 2.75) is 51.0 Å². The molecule has 1 atom stereocenters. The third kappa shape index (κ3) is 2.94. The zero-order valence-corrected chi connectivity index (χ0v) is 10.9. The molecular weight excluding hydrogens is 232 g/mol. The zero-order chi connectivity index (χ0) is 13.2. The fourth-order valence-electron chi connectivity index (χ4n) is 2.94. The Morgan fingerprint density at radius 2 is 1.94 bits per heavy atom. The summed E-state index contributed by atoms with van der Waals surface area (Å²) in [5, 5.41) is 12.0. The van der Waals surface area contributed by atoms with Crippen LogP contribution < -0.4 is 5.32 Å². The molecule has 2 rings (SSSR count). The Morgan fingerprint density at radius 1 is 1.28 bits per heavy atom. The highest BCUT2D eigenvalue weighted by atomic mass is 16.4. The summed E-state index contributed by atoms with van der Waals surface area (Å²) in [6.07, 6.45) is 6.18. The number of nitrogens with one attached hydrogen (secondary N) is 1. The van der Waals surface area contributed by atoms with E-state index < -0.39 is 11.9 Å². The molecular formula is C13H22N2O3. The van der Waals surface area contributed by atoms with E-state index in [1.807, 2.05) is 0 Å². The Hall–Kier alpha value is -1.26. The summed E-state index contributed by atoms with van der Waals surface area (Å²) in [4.78, 5) is 24.6. The van der Waals surface area contributed by atoms with Crippen molar-refractivity contribution in [3.05, 3.63) is 0 Å². The maximum Gasteiger partial charge on any atom is 0.317 e. The predicted octanol–water partition coefficient (Wildman–Crippen LogP) is 1.83. The summed E-state index contributed by atoms with van der Waals surface area (Å²) in [7, 11) is 0. The third-order valence-electron chi connectivity index (χ3n) is 4.19. The molecule has 2 N–H and O–H groups in total. The molecule has 2 aliphatic rings. The van der Waals surface area contributed by atoms with Crippen LogP contribution in [0.25, 0.3) is 0 Å². The molecule has 1 heterocycles. The number of carboxylic acid groups (broad SMARTS) is 1. The lowest BCUT2D eigenvalue weighted by Crippen LogP contribution is -2.52. The van der Waals surface area contributed by atoms with Gasteiger partial charge in [0.15, 0.2) is 0 Å². The smallest absolute Gasteiger partial charge is 0.317 e. The monoisotopic (exact) mass is 254 g/mol. The number of carboxylic acids is 1. The Labute approximate surface area is 108 Å². The van der Waals surface area contributed by atoms with E-state index in [-0.39, 0.29) is 11.6 Å². The lowest BCUT2D eigenvalue weighted by Gasteiger charge is -2.36. The van der Waals surface area contributed by atoms with Gasteiger partial charge in [-0.3, -0.25) is 4.79 Å². The van der Waals surface area contributed by atoms with Gasteiger partial charge in [-0.15, -0.1) is 0 Å². The molecule has 1 saturated heterocycles. The SMILES string of the molecule is CC1(NC(=O)N2CCC(C(=O)O)C2)CCCCC1. The van der Waals surface area contributed by atoms with Gasteiger partial charge >= 0.3 is 12.0 Å². The summed E-state index contributed by atoms with van der Waals surface area (Å²) in [6, 6.07) is -0.0943. The first-order chi connectivity index (χ1) is 8.50.